The molecule has 0 aromatic carbocycles. The lowest BCUT2D eigenvalue weighted by Crippen LogP contribution is -2.39. The van der Waals surface area contributed by atoms with E-state index in [2.05, 4.69) is 5.32 Å². The maximum Gasteiger partial charge on any atom is 0.316 e. The molecular weight excluding hydrogens is 246 g/mol. The van der Waals surface area contributed by atoms with Crippen molar-refractivity contribution in [2.24, 2.45) is 7.05 Å². The summed E-state index contributed by atoms with van der Waals surface area (Å²) in [6.45, 7) is 3.80. The van der Waals surface area contributed by atoms with Gasteiger partial charge in [0.05, 0.1) is 13.1 Å². The third kappa shape index (κ3) is 3.03. The lowest BCUT2D eigenvalue weighted by molar-refractivity contribution is 0.436. The Labute approximate surface area is 110 Å². The molecule has 2 heterocycles. The molecule has 0 aliphatic heterocycles. The molecule has 6 heteroatoms. The van der Waals surface area contributed by atoms with Crippen LogP contribution in [0.1, 0.15) is 18.4 Å². The summed E-state index contributed by atoms with van der Waals surface area (Å²) in [5.41, 5.74) is -1.09. The quantitative estimate of drug-likeness (QED) is 0.788. The molecule has 0 atom stereocenters. The topological polar surface area (TPSA) is 69.2 Å². The van der Waals surface area contributed by atoms with Crippen molar-refractivity contribution >= 4 is 0 Å². The van der Waals surface area contributed by atoms with Gasteiger partial charge in [-0.25, -0.2) is 0 Å². The van der Waals surface area contributed by atoms with Gasteiger partial charge in [0.25, 0.3) is 0 Å². The second-order valence-corrected chi connectivity index (χ2v) is 4.30. The molecule has 0 aliphatic carbocycles. The van der Waals surface area contributed by atoms with E-state index in [1.54, 1.807) is 19.4 Å². The summed E-state index contributed by atoms with van der Waals surface area (Å²) < 4.78 is 8.19. The molecule has 0 saturated heterocycles. The Morgan fingerprint density at radius 1 is 1.16 bits per heavy atom. The molecule has 0 amide bonds. The second kappa shape index (κ2) is 5.71. The summed E-state index contributed by atoms with van der Waals surface area (Å²) in [7, 11) is 1.55. The molecule has 0 unspecified atom stereocenters. The van der Waals surface area contributed by atoms with Crippen molar-refractivity contribution in [3.05, 3.63) is 56.8 Å². The largest absolute Gasteiger partial charge is 0.463 e. The highest BCUT2D eigenvalue weighted by molar-refractivity contribution is 5.07. The third-order valence-electron chi connectivity index (χ3n) is 2.83. The van der Waals surface area contributed by atoms with Gasteiger partial charge >= 0.3 is 11.1 Å². The standard InChI is InChI=1S/C13H17N3O3/c1-3-14-8-10-4-5-11(19-10)9-16-7-6-15(2)12(17)13(16)18/h4-7,14H,3,8-9H2,1-2H3. The first-order valence-corrected chi connectivity index (χ1v) is 6.16. The molecule has 2 rings (SSSR count). The van der Waals surface area contributed by atoms with E-state index >= 15 is 0 Å². The fourth-order valence-corrected chi connectivity index (χ4v) is 1.73. The summed E-state index contributed by atoms with van der Waals surface area (Å²) in [6, 6.07) is 3.68. The van der Waals surface area contributed by atoms with Crippen LogP contribution in [0.3, 0.4) is 0 Å². The molecule has 0 fully saturated rings. The van der Waals surface area contributed by atoms with E-state index in [-0.39, 0.29) is 6.54 Å². The minimum atomic E-state index is -0.547. The van der Waals surface area contributed by atoms with Gasteiger partial charge in [-0.15, -0.1) is 0 Å². The van der Waals surface area contributed by atoms with Crippen LogP contribution < -0.4 is 16.4 Å². The Kier molecular flexibility index (Phi) is 4.01. The number of nitrogens with one attached hydrogen (secondary N) is 1. The van der Waals surface area contributed by atoms with Crippen molar-refractivity contribution in [2.75, 3.05) is 6.54 Å². The fourth-order valence-electron chi connectivity index (χ4n) is 1.73. The van der Waals surface area contributed by atoms with Gasteiger partial charge in [0.1, 0.15) is 11.5 Å². The molecular formula is C13H17N3O3. The van der Waals surface area contributed by atoms with E-state index in [9.17, 15) is 9.59 Å². The minimum Gasteiger partial charge on any atom is -0.463 e. The molecule has 1 N–H and O–H groups in total. The van der Waals surface area contributed by atoms with Gasteiger partial charge in [-0.3, -0.25) is 9.59 Å². The molecule has 6 nitrogen and oxygen atoms in total. The fraction of sp³-hybridized carbons (Fsp3) is 0.385. The number of hydrogen-bond acceptors (Lipinski definition) is 4. The van der Waals surface area contributed by atoms with Gasteiger partial charge in [-0.2, -0.15) is 0 Å². The normalized spacial score (nSPS) is 10.8. The van der Waals surface area contributed by atoms with Crippen LogP contribution in [-0.4, -0.2) is 15.7 Å². The first-order chi connectivity index (χ1) is 9.11. The number of rotatable bonds is 5. The summed E-state index contributed by atoms with van der Waals surface area (Å²) in [6.07, 6.45) is 3.14. The Morgan fingerprint density at radius 3 is 2.63 bits per heavy atom. The summed E-state index contributed by atoms with van der Waals surface area (Å²) in [5, 5.41) is 3.15. The molecule has 2 aromatic heterocycles. The van der Waals surface area contributed by atoms with Crippen LogP contribution in [0.15, 0.2) is 38.5 Å². The predicted octanol–water partition coefficient (Wildman–Crippen LogP) is 0.298. The van der Waals surface area contributed by atoms with Crippen LogP contribution in [-0.2, 0) is 20.1 Å². The van der Waals surface area contributed by atoms with Gasteiger partial charge in [0.2, 0.25) is 0 Å². The van der Waals surface area contributed by atoms with Crippen molar-refractivity contribution in [1.82, 2.24) is 14.5 Å². The van der Waals surface area contributed by atoms with Crippen LogP contribution in [0, 0.1) is 0 Å². The highest BCUT2D eigenvalue weighted by atomic mass is 16.3. The van der Waals surface area contributed by atoms with E-state index in [1.807, 2.05) is 19.1 Å². The summed E-state index contributed by atoms with van der Waals surface area (Å²) >= 11 is 0. The first kappa shape index (κ1) is 13.4. The van der Waals surface area contributed by atoms with Crippen LogP contribution in [0.4, 0.5) is 0 Å². The number of nitrogens with zero attached hydrogens (tertiary/aromatic N) is 2. The van der Waals surface area contributed by atoms with Gasteiger partial charge in [-0.05, 0) is 18.7 Å². The molecule has 0 aliphatic rings. The highest BCUT2D eigenvalue weighted by Crippen LogP contribution is 2.08. The zero-order valence-corrected chi connectivity index (χ0v) is 11.0. The highest BCUT2D eigenvalue weighted by Gasteiger charge is 2.06. The van der Waals surface area contributed by atoms with Crippen molar-refractivity contribution in [3.8, 4) is 0 Å². The smallest absolute Gasteiger partial charge is 0.316 e. The number of furan rings is 1. The Hall–Kier alpha value is -2.08. The number of aromatic nitrogens is 2. The zero-order chi connectivity index (χ0) is 13.8. The monoisotopic (exact) mass is 263 g/mol. The van der Waals surface area contributed by atoms with Crippen molar-refractivity contribution < 1.29 is 4.42 Å². The average molecular weight is 263 g/mol. The molecule has 2 aromatic rings. The molecule has 0 radical (unpaired) electrons. The van der Waals surface area contributed by atoms with Crippen molar-refractivity contribution in [3.63, 3.8) is 0 Å². The van der Waals surface area contributed by atoms with Gasteiger partial charge in [0, 0.05) is 19.4 Å². The molecule has 19 heavy (non-hydrogen) atoms. The van der Waals surface area contributed by atoms with E-state index < -0.39 is 11.1 Å². The molecule has 0 bridgehead atoms. The average Bonchev–Trinajstić information content (AvgIpc) is 2.85. The van der Waals surface area contributed by atoms with Gasteiger partial charge in [-0.1, -0.05) is 6.92 Å². The SMILES string of the molecule is CCNCc1ccc(Cn2ccn(C)c(=O)c2=O)o1. The predicted molar refractivity (Wildman–Crippen MR) is 71.1 cm³/mol. The number of hydrogen-bond donors (Lipinski definition) is 1. The minimum absolute atomic E-state index is 0.265. The van der Waals surface area contributed by atoms with Crippen LogP contribution >= 0.6 is 0 Å². The molecule has 0 saturated carbocycles. The van der Waals surface area contributed by atoms with Crippen molar-refractivity contribution in [1.29, 1.82) is 0 Å². The Balaban J connectivity index is 2.18. The number of aryl methyl sites for hydroxylation is 1. The lowest BCUT2D eigenvalue weighted by Gasteiger charge is -2.04. The lowest BCUT2D eigenvalue weighted by atomic mass is 10.4. The molecule has 102 valence electrons. The first-order valence-electron chi connectivity index (χ1n) is 6.16. The van der Waals surface area contributed by atoms with E-state index in [1.165, 1.54) is 9.13 Å². The van der Waals surface area contributed by atoms with Crippen LogP contribution in [0.2, 0.25) is 0 Å². The van der Waals surface area contributed by atoms with E-state index in [0.29, 0.717) is 12.3 Å². The molecule has 0 spiro atoms. The summed E-state index contributed by atoms with van der Waals surface area (Å²) in [4.78, 5) is 23.3. The Morgan fingerprint density at radius 2 is 1.89 bits per heavy atom. The van der Waals surface area contributed by atoms with E-state index in [0.717, 1.165) is 12.3 Å². The Bertz CT molecular complexity index is 666. The maximum atomic E-state index is 11.7. The second-order valence-electron chi connectivity index (χ2n) is 4.30. The maximum absolute atomic E-state index is 11.7. The third-order valence-corrected chi connectivity index (χ3v) is 2.83. The van der Waals surface area contributed by atoms with Gasteiger partial charge < -0.3 is 18.9 Å². The van der Waals surface area contributed by atoms with Crippen molar-refractivity contribution in [2.45, 2.75) is 20.0 Å². The van der Waals surface area contributed by atoms with E-state index in [4.69, 9.17) is 4.42 Å². The summed E-state index contributed by atoms with van der Waals surface area (Å²) in [5.74, 6) is 1.47. The zero-order valence-electron chi connectivity index (χ0n) is 11.0. The van der Waals surface area contributed by atoms with Crippen LogP contribution in [0.25, 0.3) is 0 Å². The van der Waals surface area contributed by atoms with Crippen LogP contribution in [0.5, 0.6) is 0 Å². The van der Waals surface area contributed by atoms with Gasteiger partial charge in [0.15, 0.2) is 0 Å².